The molecule has 8 aromatic rings. The van der Waals surface area contributed by atoms with Crippen LogP contribution >= 0.6 is 15.9 Å². The van der Waals surface area contributed by atoms with E-state index in [2.05, 4.69) is 56.1 Å². The van der Waals surface area contributed by atoms with Gasteiger partial charge in [0.2, 0.25) is 23.6 Å². The SMILES string of the molecule is CC(=O)N1CCNCC1.COc1cc2c(Oc3ccc4[nH]ccc4c3F)ncnc2cc1OCCCBr.COc1cc2c(Oc3ccc4[nH]ccc4c3F)ncnc2cc1OCCCN1CCN(C(C)=O)CC1. The summed E-state index contributed by atoms with van der Waals surface area (Å²) in [5.74, 6) is 2.23. The lowest BCUT2D eigenvalue weighted by atomic mass is 10.2. The number of rotatable bonds is 15. The van der Waals surface area contributed by atoms with Crippen molar-refractivity contribution in [3.05, 3.63) is 97.3 Å². The van der Waals surface area contributed by atoms with Gasteiger partial charge < -0.3 is 53.5 Å². The zero-order chi connectivity index (χ0) is 51.3. The fourth-order valence-electron chi connectivity index (χ4n) is 8.28. The molecule has 2 aliphatic heterocycles. The van der Waals surface area contributed by atoms with E-state index in [1.807, 2.05) is 9.80 Å². The van der Waals surface area contributed by atoms with Crippen molar-refractivity contribution < 1.29 is 46.8 Å². The molecule has 0 bridgehead atoms. The number of alkyl halides is 1. The molecule has 73 heavy (non-hydrogen) atoms. The number of fused-ring (bicyclic) bond motifs is 4. The molecule has 0 radical (unpaired) electrons. The Morgan fingerprint density at radius 1 is 0.589 bits per heavy atom. The smallest absolute Gasteiger partial charge is 0.230 e. The van der Waals surface area contributed by atoms with Crippen molar-refractivity contribution >= 4 is 71.4 Å². The van der Waals surface area contributed by atoms with Crippen LogP contribution in [0.15, 0.2) is 85.7 Å². The molecule has 4 aromatic carbocycles. The van der Waals surface area contributed by atoms with E-state index in [1.54, 1.807) is 101 Å². The Labute approximate surface area is 428 Å². The van der Waals surface area contributed by atoms with E-state index in [-0.39, 0.29) is 35.1 Å². The van der Waals surface area contributed by atoms with E-state index in [1.165, 1.54) is 12.7 Å². The number of aromatic amines is 2. The van der Waals surface area contributed by atoms with Crippen molar-refractivity contribution in [1.29, 1.82) is 0 Å². The lowest BCUT2D eigenvalue weighted by Crippen LogP contribution is -2.48. The lowest BCUT2D eigenvalue weighted by Gasteiger charge is -2.34. The number of hydrogen-bond acceptors (Lipinski definition) is 14. The van der Waals surface area contributed by atoms with Gasteiger partial charge in [-0.15, -0.1) is 0 Å². The summed E-state index contributed by atoms with van der Waals surface area (Å²) < 4.78 is 64.1. The molecular weight excluding hydrogens is 1010 g/mol. The van der Waals surface area contributed by atoms with E-state index in [0.717, 1.165) is 77.1 Å². The summed E-state index contributed by atoms with van der Waals surface area (Å²) in [7, 11) is 3.12. The number of hydrogen-bond donors (Lipinski definition) is 3. The number of carbonyl (C=O) groups is 2. The van der Waals surface area contributed by atoms with E-state index >= 15 is 0 Å². The van der Waals surface area contributed by atoms with Gasteiger partial charge in [-0.2, -0.15) is 0 Å². The predicted octanol–water partition coefficient (Wildman–Crippen LogP) is 8.64. The van der Waals surface area contributed by atoms with Gasteiger partial charge in [-0.25, -0.2) is 28.7 Å². The molecule has 6 heterocycles. The van der Waals surface area contributed by atoms with Gasteiger partial charge in [-0.1, -0.05) is 15.9 Å². The van der Waals surface area contributed by atoms with Gasteiger partial charge in [-0.3, -0.25) is 14.5 Å². The number of methoxy groups -OCH3 is 2. The highest BCUT2D eigenvalue weighted by Crippen LogP contribution is 2.39. The zero-order valence-electron chi connectivity index (χ0n) is 41.0. The molecule has 21 heteroatoms. The van der Waals surface area contributed by atoms with Crippen molar-refractivity contribution in [3.8, 4) is 46.3 Å². The maximum atomic E-state index is 14.9. The van der Waals surface area contributed by atoms with Crippen LogP contribution in [-0.2, 0) is 9.59 Å². The summed E-state index contributed by atoms with van der Waals surface area (Å²) >= 11 is 3.38. The summed E-state index contributed by atoms with van der Waals surface area (Å²) in [5, 5.41) is 6.10. The van der Waals surface area contributed by atoms with Crippen LogP contribution in [0, 0.1) is 11.6 Å². The maximum absolute atomic E-state index is 14.9. The highest BCUT2D eigenvalue weighted by atomic mass is 79.9. The van der Waals surface area contributed by atoms with Gasteiger partial charge in [0.1, 0.15) is 12.7 Å². The monoisotopic (exact) mass is 1070 g/mol. The molecule has 0 aliphatic carbocycles. The molecule has 0 atom stereocenters. The van der Waals surface area contributed by atoms with Crippen LogP contribution in [0.2, 0.25) is 0 Å². The van der Waals surface area contributed by atoms with Gasteiger partial charge in [0.25, 0.3) is 0 Å². The molecule has 0 unspecified atom stereocenters. The second-order valence-electron chi connectivity index (χ2n) is 16.9. The van der Waals surface area contributed by atoms with Gasteiger partial charge in [0.15, 0.2) is 46.1 Å². The largest absolute Gasteiger partial charge is 0.493 e. The van der Waals surface area contributed by atoms with Crippen molar-refractivity contribution in [3.63, 3.8) is 0 Å². The van der Waals surface area contributed by atoms with Crippen LogP contribution in [-0.4, -0.2) is 148 Å². The summed E-state index contributed by atoms with van der Waals surface area (Å²) in [5.41, 5.74) is 2.60. The first-order valence-corrected chi connectivity index (χ1v) is 24.9. The second-order valence-corrected chi connectivity index (χ2v) is 17.7. The maximum Gasteiger partial charge on any atom is 0.230 e. The van der Waals surface area contributed by atoms with E-state index in [4.69, 9.17) is 28.4 Å². The molecule has 2 amide bonds. The number of piperazine rings is 2. The number of nitrogens with one attached hydrogen (secondary N) is 3. The van der Waals surface area contributed by atoms with Gasteiger partial charge in [-0.05, 0) is 61.4 Å². The minimum atomic E-state index is -0.463. The van der Waals surface area contributed by atoms with Crippen molar-refractivity contribution in [2.75, 3.05) is 91.7 Å². The van der Waals surface area contributed by atoms with Crippen LogP contribution in [0.1, 0.15) is 26.7 Å². The Hall–Kier alpha value is -7.36. The van der Waals surface area contributed by atoms with Crippen molar-refractivity contribution in [1.82, 2.24) is 49.9 Å². The third-order valence-corrected chi connectivity index (χ3v) is 12.8. The summed E-state index contributed by atoms with van der Waals surface area (Å²) in [6.45, 7) is 12.1. The van der Waals surface area contributed by atoms with E-state index in [0.29, 0.717) is 79.8 Å². The minimum Gasteiger partial charge on any atom is -0.493 e. The van der Waals surface area contributed by atoms with Crippen LogP contribution in [0.3, 0.4) is 0 Å². The van der Waals surface area contributed by atoms with Crippen molar-refractivity contribution in [2.45, 2.75) is 26.7 Å². The Morgan fingerprint density at radius 3 is 1.52 bits per heavy atom. The third-order valence-electron chi connectivity index (χ3n) is 12.2. The summed E-state index contributed by atoms with van der Waals surface area (Å²) in [4.78, 5) is 51.2. The molecule has 384 valence electrons. The van der Waals surface area contributed by atoms with Gasteiger partial charge >= 0.3 is 0 Å². The third kappa shape index (κ3) is 12.8. The lowest BCUT2D eigenvalue weighted by molar-refractivity contribution is -0.130. The number of ether oxygens (including phenoxy) is 6. The minimum absolute atomic E-state index is 0.0746. The molecular formula is C52H57BrF2N10O8. The fraction of sp³-hybridized carbons (Fsp3) is 0.346. The molecule has 0 saturated carbocycles. The number of amides is 2. The van der Waals surface area contributed by atoms with Crippen molar-refractivity contribution in [2.24, 2.45) is 0 Å². The van der Waals surface area contributed by atoms with Crippen LogP contribution in [0.5, 0.6) is 46.3 Å². The highest BCUT2D eigenvalue weighted by molar-refractivity contribution is 9.09. The number of aromatic nitrogens is 6. The summed E-state index contributed by atoms with van der Waals surface area (Å²) in [6.07, 6.45) is 7.80. The predicted molar refractivity (Wildman–Crippen MR) is 277 cm³/mol. The number of halogens is 3. The molecule has 18 nitrogen and oxygen atoms in total. The molecule has 0 spiro atoms. The quantitative estimate of drug-likeness (QED) is 0.0652. The first-order chi connectivity index (χ1) is 35.5. The first kappa shape index (κ1) is 52.0. The topological polar surface area (TPSA) is 194 Å². The Bertz CT molecular complexity index is 3160. The number of carbonyl (C=O) groups excluding carboxylic acids is 2. The van der Waals surface area contributed by atoms with E-state index in [9.17, 15) is 18.4 Å². The van der Waals surface area contributed by atoms with Crippen LogP contribution in [0.25, 0.3) is 43.6 Å². The zero-order valence-corrected chi connectivity index (χ0v) is 42.6. The second kappa shape index (κ2) is 24.9. The standard InChI is InChI=1S/C26H28FN5O4.C20H17BrFN3O3.C6H12N2O/c1-17(33)32-11-9-31(10-12-32)8-3-13-35-24-15-21-19(14-23(24)34-2)26(30-16-29-21)36-22-5-4-20-18(25(22)27)6-7-28-20;1-26-17-9-13-15(10-18(17)27-8-2-6-21)24-11-25-20(13)28-16-4-3-14-12(19(16)22)5-7-23-14;1-6(9)8-4-2-7-3-5-8/h4-7,14-16,28H,3,8-13H2,1-2H3;3-5,7,9-11,23H,2,6,8H2,1H3;7H,2-5H2,1H3. The van der Waals surface area contributed by atoms with Crippen LogP contribution < -0.4 is 33.7 Å². The molecule has 2 aliphatic rings. The molecule has 2 saturated heterocycles. The number of benzene rings is 4. The Morgan fingerprint density at radius 2 is 1.07 bits per heavy atom. The molecule has 10 rings (SSSR count). The Balaban J connectivity index is 0.000000170. The molecule has 4 aromatic heterocycles. The van der Waals surface area contributed by atoms with E-state index < -0.39 is 11.6 Å². The number of H-pyrrole nitrogens is 2. The molecule has 3 N–H and O–H groups in total. The van der Waals surface area contributed by atoms with Gasteiger partial charge in [0.05, 0.1) is 49.2 Å². The first-order valence-electron chi connectivity index (χ1n) is 23.8. The van der Waals surface area contributed by atoms with Gasteiger partial charge in [0, 0.05) is 124 Å². The summed E-state index contributed by atoms with van der Waals surface area (Å²) in [6, 6.07) is 17.0. The highest BCUT2D eigenvalue weighted by Gasteiger charge is 2.21. The fourth-order valence-corrected chi connectivity index (χ4v) is 8.51. The van der Waals surface area contributed by atoms with Crippen LogP contribution in [0.4, 0.5) is 8.78 Å². The molecule has 2 fully saturated rings. The average Bonchev–Trinajstić information content (AvgIpc) is 4.11. The normalized spacial score (nSPS) is 13.8. The average molecular weight is 1070 g/mol. The number of nitrogens with zero attached hydrogens (tertiary/aromatic N) is 7. The Kier molecular flexibility index (Phi) is 17.7.